The van der Waals surface area contributed by atoms with E-state index in [1.807, 2.05) is 0 Å². The monoisotopic (exact) mass is 401 g/mol. The molecule has 2 aliphatic rings. The van der Waals surface area contributed by atoms with E-state index in [0.29, 0.717) is 23.2 Å². The smallest absolute Gasteiger partial charge is 0.332 e. The van der Waals surface area contributed by atoms with Crippen molar-refractivity contribution < 1.29 is 4.79 Å². The Hall–Kier alpha value is -2.38. The zero-order valence-corrected chi connectivity index (χ0v) is 17.5. The van der Waals surface area contributed by atoms with Crippen molar-refractivity contribution in [2.45, 2.75) is 82.8 Å². The molecule has 8 nitrogen and oxygen atoms in total. The Morgan fingerprint density at radius 1 is 0.966 bits per heavy atom. The molecule has 0 bridgehead atoms. The van der Waals surface area contributed by atoms with Crippen LogP contribution in [0.5, 0.6) is 0 Å². The number of nitrogens with zero attached hydrogens (tertiary/aromatic N) is 5. The molecule has 2 heterocycles. The van der Waals surface area contributed by atoms with E-state index in [-0.39, 0.29) is 12.5 Å². The summed E-state index contributed by atoms with van der Waals surface area (Å²) >= 11 is 0. The lowest BCUT2D eigenvalue weighted by Crippen LogP contribution is -2.50. The normalized spacial score (nSPS) is 19.0. The summed E-state index contributed by atoms with van der Waals surface area (Å²) in [5, 5.41) is 0. The van der Waals surface area contributed by atoms with Crippen LogP contribution in [-0.4, -0.2) is 41.6 Å². The second-order valence-corrected chi connectivity index (χ2v) is 8.64. The van der Waals surface area contributed by atoms with Crippen LogP contribution in [0, 0.1) is 0 Å². The molecule has 0 radical (unpaired) electrons. The van der Waals surface area contributed by atoms with Crippen LogP contribution in [0.4, 0.5) is 0 Å². The number of hydrogen-bond acceptors (Lipinski definition) is 4. The lowest BCUT2D eigenvalue weighted by atomic mass is 9.88. The molecule has 2 fully saturated rings. The molecule has 1 amide bonds. The second kappa shape index (κ2) is 8.16. The largest absolute Gasteiger partial charge is 0.335 e. The standard InChI is InChI=1S/C21H31N5O3/c1-23-19-18(20(28)24(2)21(23)29)25(14-22-19)13-17(27)26(15-9-5-3-6-10-15)16-11-7-4-8-12-16/h14-16H,3-13H2,1-2H3. The van der Waals surface area contributed by atoms with E-state index in [2.05, 4.69) is 9.88 Å². The Morgan fingerprint density at radius 3 is 2.07 bits per heavy atom. The first-order valence-corrected chi connectivity index (χ1v) is 10.9. The molecular formula is C21H31N5O3. The molecule has 2 aromatic heterocycles. The van der Waals surface area contributed by atoms with Gasteiger partial charge in [-0.25, -0.2) is 9.78 Å². The predicted octanol–water partition coefficient (Wildman–Crippen LogP) is 1.93. The summed E-state index contributed by atoms with van der Waals surface area (Å²) in [7, 11) is 3.05. The van der Waals surface area contributed by atoms with Gasteiger partial charge in [0.15, 0.2) is 11.2 Å². The molecule has 8 heteroatoms. The minimum atomic E-state index is -0.412. The maximum Gasteiger partial charge on any atom is 0.332 e. The van der Waals surface area contributed by atoms with Gasteiger partial charge in [-0.15, -0.1) is 0 Å². The highest BCUT2D eigenvalue weighted by Crippen LogP contribution is 2.30. The summed E-state index contributed by atoms with van der Waals surface area (Å²) in [5.41, 5.74) is -0.177. The zero-order valence-electron chi connectivity index (χ0n) is 17.5. The summed E-state index contributed by atoms with van der Waals surface area (Å²) in [5.74, 6) is 0.0685. The molecule has 2 aromatic rings. The van der Waals surface area contributed by atoms with Crippen LogP contribution < -0.4 is 11.2 Å². The lowest BCUT2D eigenvalue weighted by Gasteiger charge is -2.42. The van der Waals surface area contributed by atoms with Gasteiger partial charge in [0, 0.05) is 26.2 Å². The highest BCUT2D eigenvalue weighted by atomic mass is 16.2. The number of rotatable bonds is 4. The van der Waals surface area contributed by atoms with Gasteiger partial charge in [0.1, 0.15) is 6.54 Å². The van der Waals surface area contributed by atoms with Crippen LogP contribution >= 0.6 is 0 Å². The van der Waals surface area contributed by atoms with Crippen molar-refractivity contribution in [3.8, 4) is 0 Å². The first-order chi connectivity index (χ1) is 14.0. The average Bonchev–Trinajstić information content (AvgIpc) is 3.16. The first-order valence-electron chi connectivity index (χ1n) is 10.9. The van der Waals surface area contributed by atoms with Gasteiger partial charge in [0.25, 0.3) is 5.56 Å². The summed E-state index contributed by atoms with van der Waals surface area (Å²) < 4.78 is 4.06. The topological polar surface area (TPSA) is 82.1 Å². The number of imidazole rings is 1. The fraction of sp³-hybridized carbons (Fsp3) is 0.714. The van der Waals surface area contributed by atoms with Gasteiger partial charge >= 0.3 is 5.69 Å². The van der Waals surface area contributed by atoms with Crippen molar-refractivity contribution in [1.82, 2.24) is 23.6 Å². The van der Waals surface area contributed by atoms with Gasteiger partial charge in [-0.05, 0) is 25.7 Å². The first kappa shape index (κ1) is 19.9. The molecule has 158 valence electrons. The highest BCUT2D eigenvalue weighted by Gasteiger charge is 2.32. The van der Waals surface area contributed by atoms with E-state index in [9.17, 15) is 14.4 Å². The third-order valence-electron chi connectivity index (χ3n) is 6.75. The van der Waals surface area contributed by atoms with E-state index in [4.69, 9.17) is 0 Å². The lowest BCUT2D eigenvalue weighted by molar-refractivity contribution is -0.138. The van der Waals surface area contributed by atoms with E-state index in [0.717, 1.165) is 30.3 Å². The maximum absolute atomic E-state index is 13.5. The molecule has 0 saturated heterocycles. The third kappa shape index (κ3) is 3.65. The van der Waals surface area contributed by atoms with Gasteiger partial charge in [0.2, 0.25) is 5.91 Å². The Kier molecular flexibility index (Phi) is 5.61. The van der Waals surface area contributed by atoms with E-state index in [1.165, 1.54) is 56.5 Å². The zero-order chi connectivity index (χ0) is 20.5. The van der Waals surface area contributed by atoms with Crippen molar-refractivity contribution in [2.75, 3.05) is 0 Å². The summed E-state index contributed by atoms with van der Waals surface area (Å²) in [6.07, 6.45) is 13.0. The Labute approximate surface area is 170 Å². The average molecular weight is 402 g/mol. The van der Waals surface area contributed by atoms with Crippen LogP contribution in [0.2, 0.25) is 0 Å². The van der Waals surface area contributed by atoms with Gasteiger partial charge in [-0.2, -0.15) is 0 Å². The summed E-state index contributed by atoms with van der Waals surface area (Å²) in [4.78, 5) is 44.8. The maximum atomic E-state index is 13.5. The van der Waals surface area contributed by atoms with Crippen molar-refractivity contribution in [3.63, 3.8) is 0 Å². The minimum absolute atomic E-state index is 0.0685. The molecule has 29 heavy (non-hydrogen) atoms. The van der Waals surface area contributed by atoms with Crippen LogP contribution in [0.15, 0.2) is 15.9 Å². The fourth-order valence-electron chi connectivity index (χ4n) is 5.17. The Bertz CT molecular complexity index is 988. The SMILES string of the molecule is Cn1c(=O)c2c(ncn2CC(=O)N(C2CCCCC2)C2CCCCC2)n(C)c1=O. The number of amides is 1. The van der Waals surface area contributed by atoms with Crippen molar-refractivity contribution in [2.24, 2.45) is 14.1 Å². The van der Waals surface area contributed by atoms with E-state index < -0.39 is 11.2 Å². The highest BCUT2D eigenvalue weighted by molar-refractivity contribution is 5.79. The molecule has 0 aromatic carbocycles. The fourth-order valence-corrected chi connectivity index (χ4v) is 5.17. The number of hydrogen-bond donors (Lipinski definition) is 0. The second-order valence-electron chi connectivity index (χ2n) is 8.64. The number of aryl methyl sites for hydroxylation is 1. The molecule has 2 aliphatic carbocycles. The number of aromatic nitrogens is 4. The van der Waals surface area contributed by atoms with Crippen LogP contribution in [-0.2, 0) is 25.4 Å². The quantitative estimate of drug-likeness (QED) is 0.784. The third-order valence-corrected chi connectivity index (χ3v) is 6.75. The van der Waals surface area contributed by atoms with Crippen LogP contribution in [0.25, 0.3) is 11.2 Å². The molecule has 0 N–H and O–H groups in total. The predicted molar refractivity (Wildman–Crippen MR) is 111 cm³/mol. The number of carbonyl (C=O) groups excluding carboxylic acids is 1. The van der Waals surface area contributed by atoms with Crippen molar-refractivity contribution in [1.29, 1.82) is 0 Å². The molecule has 0 aliphatic heterocycles. The molecule has 0 spiro atoms. The summed E-state index contributed by atoms with van der Waals surface area (Å²) in [6, 6.07) is 0.614. The van der Waals surface area contributed by atoms with Crippen molar-refractivity contribution in [3.05, 3.63) is 27.2 Å². The van der Waals surface area contributed by atoms with Gasteiger partial charge in [-0.3, -0.25) is 18.7 Å². The van der Waals surface area contributed by atoms with E-state index >= 15 is 0 Å². The molecule has 2 saturated carbocycles. The Morgan fingerprint density at radius 2 is 1.52 bits per heavy atom. The Balaban J connectivity index is 1.67. The van der Waals surface area contributed by atoms with Crippen molar-refractivity contribution >= 4 is 17.1 Å². The molecular weight excluding hydrogens is 370 g/mol. The number of carbonyl (C=O) groups is 1. The van der Waals surface area contributed by atoms with Gasteiger partial charge in [-0.1, -0.05) is 38.5 Å². The van der Waals surface area contributed by atoms with Gasteiger partial charge < -0.3 is 9.47 Å². The number of fused-ring (bicyclic) bond motifs is 1. The van der Waals surface area contributed by atoms with Gasteiger partial charge in [0.05, 0.1) is 6.33 Å². The molecule has 0 unspecified atom stereocenters. The minimum Gasteiger partial charge on any atom is -0.335 e. The summed E-state index contributed by atoms with van der Waals surface area (Å²) in [6.45, 7) is 0.0942. The molecule has 0 atom stereocenters. The molecule has 4 rings (SSSR count). The van der Waals surface area contributed by atoms with E-state index in [1.54, 1.807) is 11.6 Å². The van der Waals surface area contributed by atoms with Crippen LogP contribution in [0.1, 0.15) is 64.2 Å². The van der Waals surface area contributed by atoms with Crippen LogP contribution in [0.3, 0.4) is 0 Å².